The van der Waals surface area contributed by atoms with Crippen molar-refractivity contribution in [3.05, 3.63) is 136 Å². The fourth-order valence-corrected chi connectivity index (χ4v) is 15.0. The Kier molecular flexibility index (Phi) is 73.3. The van der Waals surface area contributed by atoms with Gasteiger partial charge in [0.25, 0.3) is 21.9 Å². The molecule has 0 aromatic heterocycles. The number of nitrogens with one attached hydrogen (secondary N) is 2. The molecule has 2 saturated heterocycles. The lowest BCUT2D eigenvalue weighted by molar-refractivity contribution is -0.271. The van der Waals surface area contributed by atoms with Crippen LogP contribution in [0, 0.1) is 327 Å². The number of amides is 2. The summed E-state index contributed by atoms with van der Waals surface area (Å²) in [7, 11) is -2.76. The quantitative estimate of drug-likeness (QED) is 0.00670. The third-order valence-corrected chi connectivity index (χ3v) is 23.8. The minimum atomic E-state index is -4.15. The maximum atomic E-state index is 13.6. The highest BCUT2D eigenvalue weighted by Gasteiger charge is 2.44. The summed E-state index contributed by atoms with van der Waals surface area (Å²) in [6.07, 6.45) is 28.8. The Morgan fingerprint density at radius 1 is 0.426 bits per heavy atom. The van der Waals surface area contributed by atoms with Crippen molar-refractivity contribution in [2.24, 2.45) is 40.6 Å². The summed E-state index contributed by atoms with van der Waals surface area (Å²) in [6, 6.07) is 24.5. The van der Waals surface area contributed by atoms with Gasteiger partial charge >= 0.3 is 0 Å². The van der Waals surface area contributed by atoms with Gasteiger partial charge in [-0.2, -0.15) is 8.42 Å². The molecular formula is C128H227N5O14S. The molecule has 2 heterocycles. The van der Waals surface area contributed by atoms with Crippen molar-refractivity contribution in [3.63, 3.8) is 0 Å². The van der Waals surface area contributed by atoms with Gasteiger partial charge in [-0.3, -0.25) is 13.8 Å². The van der Waals surface area contributed by atoms with E-state index in [-0.39, 0.29) is 135 Å². The lowest BCUT2D eigenvalue weighted by Gasteiger charge is -2.43. The topological polar surface area (TPSA) is 266 Å². The van der Waals surface area contributed by atoms with E-state index in [1.807, 2.05) is 95.3 Å². The Hall–Kier alpha value is -15.6. The molecule has 2 aliphatic rings. The summed E-state index contributed by atoms with van der Waals surface area (Å²) in [5, 5.41) is 40.8. The highest BCUT2D eigenvalue weighted by atomic mass is 32.2. The Morgan fingerprint density at radius 3 is 1.01 bits per heavy atom. The van der Waals surface area contributed by atoms with Gasteiger partial charge in [0.1, 0.15) is 12.2 Å². The van der Waals surface area contributed by atoms with Crippen LogP contribution in [0.3, 0.4) is 0 Å². The van der Waals surface area contributed by atoms with E-state index >= 15 is 0 Å². The van der Waals surface area contributed by atoms with Gasteiger partial charge in [-0.1, -0.05) is 278 Å². The summed E-state index contributed by atoms with van der Waals surface area (Å²) in [4.78, 5) is 29.3. The fraction of sp³-hybridized carbons (Fsp3) is 0.438. The van der Waals surface area contributed by atoms with Crippen LogP contribution in [0.1, 0.15) is 296 Å². The predicted octanol–water partition coefficient (Wildman–Crippen LogP) is 28.4. The normalized spacial score (nSPS) is 16.6. The van der Waals surface area contributed by atoms with Gasteiger partial charge in [-0.05, 0) is 301 Å². The number of allylic oxidation sites excluding steroid dienone is 4. The molecule has 3 aromatic rings. The minimum absolute atomic E-state index is 0. The summed E-state index contributed by atoms with van der Waals surface area (Å²) in [6.45, 7) is 21.2. The van der Waals surface area contributed by atoms with E-state index in [9.17, 15) is 33.3 Å². The number of azide groups is 1. The van der Waals surface area contributed by atoms with E-state index < -0.39 is 89.8 Å². The Balaban J connectivity index is -0.0000000411. The summed E-state index contributed by atoms with van der Waals surface area (Å²) < 4.78 is 70.0. The average Bonchev–Trinajstić information content (AvgIpc) is 0.800. The second-order valence-corrected chi connectivity index (χ2v) is 35.3. The van der Waals surface area contributed by atoms with Crippen LogP contribution >= 0.6 is 0 Å². The van der Waals surface area contributed by atoms with E-state index in [1.54, 1.807) is 26.0 Å². The predicted molar refractivity (Wildman–Crippen MR) is 687 cm³/mol. The van der Waals surface area contributed by atoms with E-state index in [4.69, 9.17) is 38.1 Å². The van der Waals surface area contributed by atoms with Gasteiger partial charge in [-0.15, -0.1) is 0 Å². The molecule has 0 spiro atoms. The highest BCUT2D eigenvalue weighted by molar-refractivity contribution is 7.86. The number of unbranched alkanes of at least 4 members (excludes halogenated alkanes) is 18. The number of carbonyl (C=O) groups excluding carboxylic acids is 2. The van der Waals surface area contributed by atoms with Crippen LogP contribution in [-0.4, -0.2) is 130 Å². The van der Waals surface area contributed by atoms with Crippen molar-refractivity contribution in [2.45, 2.75) is 297 Å². The number of benzene rings is 3. The lowest BCUT2D eigenvalue weighted by atomic mass is 9.85. The third kappa shape index (κ3) is 62.2. The molecule has 2 aliphatic heterocycles. The molecule has 0 saturated carbocycles. The van der Waals surface area contributed by atoms with Gasteiger partial charge in [0.05, 0.1) is 81.0 Å². The monoisotopic (exact) mass is 2090 g/mol. The van der Waals surface area contributed by atoms with Crippen molar-refractivity contribution >= 4 is 21.9 Å². The van der Waals surface area contributed by atoms with E-state index in [2.05, 4.69) is 357 Å². The number of nitrogens with zero attached hydrogens (tertiary/aromatic N) is 3. The van der Waals surface area contributed by atoms with E-state index in [0.717, 1.165) is 48.8 Å². The molecule has 5 N–H and O–H groups in total. The van der Waals surface area contributed by atoms with E-state index in [1.165, 1.54) is 122 Å². The first-order valence-electron chi connectivity index (χ1n) is 49.7. The van der Waals surface area contributed by atoms with Gasteiger partial charge in [0.15, 0.2) is 12.6 Å². The maximum absolute atomic E-state index is 13.6. The SMILES string of the molecule is CC#CC#CC#CC#CC#CC#CC#CC#CC#CC#CC#CC#CC(=O)N[C@@H](CO[C@H]1OC(CO)[C@H](O)[C@H](C)C1C)[C@H](OCc1ccccc1)[C@H](C)CC=CCCCCCCCCCCC.CC#CC#CC#CC#CC#CC#CC#CC#CC#CC#CC#CC#CC(=O)N[C@@H](CO[C@H]1OC(COS(=O)(=O)c2ccc(C)cc2)[C@H](O)[C@H](C)C1C)[C@H](OCc1ccccc1)[C@H](C)CC=CCCCCCCCCCCC.CN=[N+]=[N-].[HH].[HH].[HH].[HH].[HH].[HH].[HH].[HH].[HH].[HH].[HH].[HH].[HH].[HH].[HH].[HH].[HH].[HH].[HH].[HH].[HH].[HH].[HH].[HH].[HH].[HH].[HH].[HH].[HH].[HH].[HH].[HH].[HH].[HH].[HH].[HH].[HH].[HH].[HH].[HH].[HH].[HH].[HH].[HH].[HH].[HH].[HH].[HH]. The number of hydrogen-bond acceptors (Lipinski definition) is 15. The number of rotatable bonds is 47. The molecule has 2 fully saturated rings. The number of aryl methyl sites for hydroxylation is 1. The fourth-order valence-electron chi connectivity index (χ4n) is 14.1. The van der Waals surface area contributed by atoms with Crippen LogP contribution in [0.2, 0.25) is 0 Å². The van der Waals surface area contributed by atoms with Crippen LogP contribution < -0.4 is 10.6 Å². The average molecular weight is 2090 g/mol. The largest absolute Gasteiger partial charge is 0.394 e. The lowest BCUT2D eigenvalue weighted by Crippen LogP contribution is -2.54. The van der Waals surface area contributed by atoms with Crippen molar-refractivity contribution in [1.82, 2.24) is 10.6 Å². The number of ether oxygens (including phenoxy) is 6. The van der Waals surface area contributed by atoms with Crippen LogP contribution in [0.25, 0.3) is 10.4 Å². The first kappa shape index (κ1) is 127. The van der Waals surface area contributed by atoms with Crippen LogP contribution in [0.4, 0.5) is 0 Å². The molecule has 854 valence electrons. The maximum Gasteiger partial charge on any atom is 0.297 e. The van der Waals surface area contributed by atoms with Crippen molar-refractivity contribution < 1.29 is 134 Å². The van der Waals surface area contributed by atoms with Crippen molar-refractivity contribution in [2.75, 3.05) is 33.5 Å². The van der Waals surface area contributed by atoms with Gasteiger partial charge in [-0.25, -0.2) is 0 Å². The molecular weight excluding hydrogens is 1860 g/mol. The molecule has 0 bridgehead atoms. The summed E-state index contributed by atoms with van der Waals surface area (Å²) >= 11 is 0. The molecule has 20 heteroatoms. The van der Waals surface area contributed by atoms with E-state index in [0.29, 0.717) is 13.0 Å². The molecule has 4 unspecified atom stereocenters. The highest BCUT2D eigenvalue weighted by Crippen LogP contribution is 2.35. The standard InChI is InChI=1S/C67H67NO8S.C60H61NO6.CH3N3.48H2/c1-7-9-11-13-15-17-19-21-22-23-24-25-26-27-28-29-30-31-33-35-37-39-44-48-64(69)68-62(54-74-67-59(6)58(5)65(70)63(76-67)55-75-77(71,72)61-51-49-56(3)50-52-61)66(73-53-60-46-42-40-43-47-60)57(4)45-41-38-36-34-32-20-18-16-14-12-10-8-2;1-6-8-10-12-14-16-18-20-21-22-23-24-25-26-27-28-29-30-32-34-36-38-43-47-57(63)61-55(50-66-60-53(5)52(4)58(64)56(48-62)67-60)59(65-49-54-45-41-39-42-46-54)51(3)44-40-37-35-33-31-19-17-15-13-11-9-7-2;1-3-4-2;;;;;;;;;;;;;;;;;;;;;;;;;;;;;;;;;;;;;;;;;;;;;;;;/h38,40-43,46-47,49-52,57-59,62-63,65-67,70H,8,10,12,14,16,18,20,32,34,36,45,53-55H2,1-6H3,(H,68,69);37,39-42,45-46,51-53,55-56,58-60,62,64H,7,9,11,13,15,17,19,31,33,35,44,48-50H2,1-5H3,(H,61,63);1H3;48*1H/t57-,58-,59?,62+,63?,65-,66-,67+;51-,52-,53?,55+,56?,58-,59-,60+;;;;;;;;;;;;;;;;;;;;;;;;;;;;;;;;;;;;;;;;;;;;;;;;;/m11................................................./s1. The van der Waals surface area contributed by atoms with Crippen LogP contribution in [0.15, 0.2) is 119 Å². The zero-order valence-electron chi connectivity index (χ0n) is 87.0. The Labute approximate surface area is 955 Å². The zero-order valence-corrected chi connectivity index (χ0v) is 87.8. The summed E-state index contributed by atoms with van der Waals surface area (Å²) in [5.74, 6) is 120. The van der Waals surface area contributed by atoms with Gasteiger partial charge < -0.3 is 54.4 Å². The molecule has 16 atom stereocenters. The molecule has 148 heavy (non-hydrogen) atoms. The number of carbonyl (C=O) groups is 2. The number of hydrogen-bond donors (Lipinski definition) is 5. The van der Waals surface area contributed by atoms with Gasteiger partial charge in [0.2, 0.25) is 0 Å². The Morgan fingerprint density at radius 2 is 0.709 bits per heavy atom. The number of aliphatic hydroxyl groups excluding tert-OH is 3. The first-order chi connectivity index (χ1) is 72.2. The molecule has 19 nitrogen and oxygen atoms in total. The van der Waals surface area contributed by atoms with Gasteiger partial charge in [0, 0.05) is 175 Å². The second kappa shape index (κ2) is 85.8. The molecule has 0 radical (unpaired) electrons. The smallest absolute Gasteiger partial charge is 0.297 e. The first-order valence-corrected chi connectivity index (χ1v) is 51.1. The molecule has 3 aromatic carbocycles. The van der Waals surface area contributed by atoms with Crippen LogP contribution in [0.5, 0.6) is 0 Å². The molecule has 5 rings (SSSR count). The third-order valence-electron chi connectivity index (χ3n) is 22.5. The zero-order chi connectivity index (χ0) is 107. The Bertz CT molecular complexity index is 6800. The summed E-state index contributed by atoms with van der Waals surface area (Å²) in [5.41, 5.74) is 10.2. The number of aliphatic hydroxyl groups is 3. The van der Waals surface area contributed by atoms with Crippen molar-refractivity contribution in [1.29, 1.82) is 0 Å². The molecule has 2 amide bonds. The van der Waals surface area contributed by atoms with Crippen molar-refractivity contribution in [3.8, 4) is 284 Å². The van der Waals surface area contributed by atoms with Crippen LogP contribution in [-0.2, 0) is 65.5 Å². The molecule has 0 aliphatic carbocycles. The minimum Gasteiger partial charge on any atom is -0.394 e. The second-order valence-electron chi connectivity index (χ2n) is 33.7.